The molecule has 1 unspecified atom stereocenters. The molecule has 0 saturated carbocycles. The predicted octanol–water partition coefficient (Wildman–Crippen LogP) is 11.6. The Hall–Kier alpha value is -4.91. The zero-order valence-electron chi connectivity index (χ0n) is 30.1. The van der Waals surface area contributed by atoms with Gasteiger partial charge in [-0.1, -0.05) is 153 Å². The molecule has 6 aromatic carbocycles. The number of anilines is 4. The van der Waals surface area contributed by atoms with Gasteiger partial charge in [0, 0.05) is 28.3 Å². The van der Waals surface area contributed by atoms with E-state index >= 15 is 0 Å². The second-order valence-electron chi connectivity index (χ2n) is 15.8. The van der Waals surface area contributed by atoms with Gasteiger partial charge in [0.15, 0.2) is 0 Å². The van der Waals surface area contributed by atoms with E-state index in [1.807, 2.05) is 0 Å². The zero-order valence-corrected chi connectivity index (χ0v) is 32.1. The van der Waals surface area contributed by atoms with Gasteiger partial charge < -0.3 is 9.80 Å². The number of hydrogen-bond acceptors (Lipinski definition) is 2. The smallest absolute Gasteiger partial charge is 0.0785 e. The summed E-state index contributed by atoms with van der Waals surface area (Å²) in [5.41, 5.74) is 11.4. The standard InChI is InChI=1S/C46H46N2Si2/c1-49(2,3)39-25-21-37(22-26-39)47(35-13-9-7-10-14-35)43-31-19-33-18-30-42-44(32-20-34-17-29-41(43)45(33)46(34)42)48(36-15-11-8-12-16-36)38-23-27-40(28-24-38)50(4,5)6/h7-19,21-32,43H,20H2,1-6H3. The Balaban J connectivity index is 1.28. The van der Waals surface area contributed by atoms with Crippen LogP contribution in [0.5, 0.6) is 0 Å². The SMILES string of the molecule is C[Si](C)(C)c1ccc(N(C2=CCc3ccc4c5c(ccc2c35)C=CC4N(c2ccccc2)c2ccc([Si](C)(C)C)cc2)c2ccccc2)cc1. The third-order valence-corrected chi connectivity index (χ3v) is 14.6. The molecular formula is C46H46N2Si2. The molecule has 4 heteroatoms. The number of nitrogens with zero attached hydrogens (tertiary/aromatic N) is 2. The molecule has 0 bridgehead atoms. The van der Waals surface area contributed by atoms with Crippen LogP contribution in [0.15, 0.2) is 146 Å². The largest absolute Gasteiger partial charge is 0.330 e. The van der Waals surface area contributed by atoms with Crippen molar-refractivity contribution in [3.05, 3.63) is 168 Å². The Kier molecular flexibility index (Phi) is 8.05. The quantitative estimate of drug-likeness (QED) is 0.147. The van der Waals surface area contributed by atoms with Crippen LogP contribution in [0.25, 0.3) is 22.5 Å². The highest BCUT2D eigenvalue weighted by Gasteiger charge is 2.30. The van der Waals surface area contributed by atoms with Crippen LogP contribution < -0.4 is 20.2 Å². The molecular weight excluding hydrogens is 637 g/mol. The molecule has 0 radical (unpaired) electrons. The zero-order chi connectivity index (χ0) is 34.6. The first-order valence-electron chi connectivity index (χ1n) is 18.0. The summed E-state index contributed by atoms with van der Waals surface area (Å²) < 4.78 is 0. The molecule has 6 aromatic rings. The van der Waals surface area contributed by atoms with Crippen molar-refractivity contribution in [2.75, 3.05) is 9.80 Å². The van der Waals surface area contributed by atoms with Gasteiger partial charge in [-0.25, -0.2) is 0 Å². The fraction of sp³-hybridized carbons (Fsp3) is 0.174. The highest BCUT2D eigenvalue weighted by atomic mass is 28.3. The topological polar surface area (TPSA) is 6.48 Å². The molecule has 0 aromatic heterocycles. The summed E-state index contributed by atoms with van der Waals surface area (Å²) in [7, 11) is -2.85. The Labute approximate surface area is 300 Å². The van der Waals surface area contributed by atoms with Crippen LogP contribution in [0.4, 0.5) is 22.7 Å². The van der Waals surface area contributed by atoms with E-state index in [1.54, 1.807) is 0 Å². The lowest BCUT2D eigenvalue weighted by Gasteiger charge is -2.37. The number of para-hydroxylation sites is 2. The summed E-state index contributed by atoms with van der Waals surface area (Å²) in [6, 6.07) is 50.1. The molecule has 2 nitrogen and oxygen atoms in total. The molecule has 248 valence electrons. The van der Waals surface area contributed by atoms with E-state index in [4.69, 9.17) is 0 Å². The summed E-state index contributed by atoms with van der Waals surface area (Å²) in [6.45, 7) is 14.5. The average Bonchev–Trinajstić information content (AvgIpc) is 3.12. The van der Waals surface area contributed by atoms with Gasteiger partial charge in [0.1, 0.15) is 0 Å². The third kappa shape index (κ3) is 5.76. The molecule has 50 heavy (non-hydrogen) atoms. The summed E-state index contributed by atoms with van der Waals surface area (Å²) in [6.07, 6.45) is 8.09. The van der Waals surface area contributed by atoms with Gasteiger partial charge in [-0.3, -0.25) is 0 Å². The van der Waals surface area contributed by atoms with Crippen molar-refractivity contribution in [2.45, 2.75) is 51.7 Å². The molecule has 0 spiro atoms. The molecule has 2 aliphatic rings. The third-order valence-electron chi connectivity index (χ3n) is 10.5. The van der Waals surface area contributed by atoms with Gasteiger partial charge in [-0.2, -0.15) is 0 Å². The minimum absolute atomic E-state index is 0.0561. The number of hydrogen-bond donors (Lipinski definition) is 0. The fourth-order valence-electron chi connectivity index (χ4n) is 7.74. The van der Waals surface area contributed by atoms with E-state index < -0.39 is 16.1 Å². The summed E-state index contributed by atoms with van der Waals surface area (Å²) in [5.74, 6) is 0. The van der Waals surface area contributed by atoms with Crippen molar-refractivity contribution < 1.29 is 0 Å². The van der Waals surface area contributed by atoms with E-state index in [1.165, 1.54) is 71.8 Å². The van der Waals surface area contributed by atoms with Crippen LogP contribution in [0.1, 0.15) is 28.3 Å². The first-order valence-corrected chi connectivity index (χ1v) is 25.0. The number of rotatable bonds is 8. The lowest BCUT2D eigenvalue weighted by Crippen LogP contribution is -2.37. The summed E-state index contributed by atoms with van der Waals surface area (Å²) >= 11 is 0. The van der Waals surface area contributed by atoms with Gasteiger partial charge in [-0.15, -0.1) is 0 Å². The van der Waals surface area contributed by atoms with Crippen molar-refractivity contribution in [1.82, 2.24) is 0 Å². The van der Waals surface area contributed by atoms with Crippen LogP contribution in [0, 0.1) is 0 Å². The maximum absolute atomic E-state index is 2.52. The number of allylic oxidation sites excluding steroid dienone is 1. The second-order valence-corrected chi connectivity index (χ2v) is 26.0. The number of benzene rings is 6. The fourth-order valence-corrected chi connectivity index (χ4v) is 10.1. The monoisotopic (exact) mass is 682 g/mol. The van der Waals surface area contributed by atoms with Crippen molar-refractivity contribution in [1.29, 1.82) is 0 Å². The molecule has 0 saturated heterocycles. The molecule has 2 aliphatic carbocycles. The Morgan fingerprint density at radius 1 is 0.520 bits per heavy atom. The van der Waals surface area contributed by atoms with E-state index in [9.17, 15) is 0 Å². The average molecular weight is 683 g/mol. The van der Waals surface area contributed by atoms with Crippen molar-refractivity contribution >= 4 is 71.8 Å². The molecule has 1 atom stereocenters. The Morgan fingerprint density at radius 3 is 1.66 bits per heavy atom. The van der Waals surface area contributed by atoms with E-state index in [2.05, 4.69) is 201 Å². The van der Waals surface area contributed by atoms with Crippen LogP contribution >= 0.6 is 0 Å². The maximum Gasteiger partial charge on any atom is 0.0785 e. The predicted molar refractivity (Wildman–Crippen MR) is 223 cm³/mol. The second kappa shape index (κ2) is 12.5. The molecule has 0 N–H and O–H groups in total. The highest BCUT2D eigenvalue weighted by molar-refractivity contribution is 6.89. The lowest BCUT2D eigenvalue weighted by atomic mass is 9.81. The first-order chi connectivity index (χ1) is 24.1. The van der Waals surface area contributed by atoms with Gasteiger partial charge >= 0.3 is 0 Å². The van der Waals surface area contributed by atoms with Crippen molar-refractivity contribution in [2.24, 2.45) is 0 Å². The van der Waals surface area contributed by atoms with Crippen LogP contribution in [0.3, 0.4) is 0 Å². The minimum atomic E-state index is -1.43. The van der Waals surface area contributed by atoms with E-state index in [0.29, 0.717) is 0 Å². The molecule has 0 fully saturated rings. The highest BCUT2D eigenvalue weighted by Crippen LogP contribution is 2.47. The molecule has 0 aliphatic heterocycles. The normalized spacial score (nSPS) is 15.2. The molecule has 0 amide bonds. The van der Waals surface area contributed by atoms with E-state index in [0.717, 1.165) is 6.42 Å². The Morgan fingerprint density at radius 2 is 1.06 bits per heavy atom. The summed E-state index contributed by atoms with van der Waals surface area (Å²) in [5, 5.41) is 5.72. The van der Waals surface area contributed by atoms with Gasteiger partial charge in [0.2, 0.25) is 0 Å². The Bertz CT molecular complexity index is 2240. The van der Waals surface area contributed by atoms with Crippen LogP contribution in [-0.2, 0) is 6.42 Å². The molecule has 0 heterocycles. The van der Waals surface area contributed by atoms with Crippen molar-refractivity contribution in [3.8, 4) is 0 Å². The van der Waals surface area contributed by atoms with Gasteiger partial charge in [-0.05, 0) is 82.4 Å². The first kappa shape index (κ1) is 32.3. The van der Waals surface area contributed by atoms with Crippen molar-refractivity contribution in [3.63, 3.8) is 0 Å². The summed E-state index contributed by atoms with van der Waals surface area (Å²) in [4.78, 5) is 4.99. The lowest BCUT2D eigenvalue weighted by molar-refractivity contribution is 0.858. The van der Waals surface area contributed by atoms with Crippen LogP contribution in [0.2, 0.25) is 39.3 Å². The van der Waals surface area contributed by atoms with E-state index in [-0.39, 0.29) is 6.04 Å². The van der Waals surface area contributed by atoms with Gasteiger partial charge in [0.05, 0.1) is 27.9 Å². The minimum Gasteiger partial charge on any atom is -0.330 e. The van der Waals surface area contributed by atoms with Crippen LogP contribution in [-0.4, -0.2) is 16.1 Å². The maximum atomic E-state index is 2.52. The van der Waals surface area contributed by atoms with Gasteiger partial charge in [0.25, 0.3) is 0 Å². The molecule has 8 rings (SSSR count).